The molecule has 1 aromatic carbocycles. The molecule has 0 spiro atoms. The number of nitrogens with one attached hydrogen (secondary N) is 2. The molecule has 3 aromatic rings. The SMILES string of the molecule is Cc1nc2sc(Nc3ccccc3)nc2c(=O)[nH]1. The Morgan fingerprint density at radius 2 is 2.00 bits per heavy atom. The van der Waals surface area contributed by atoms with Gasteiger partial charge >= 0.3 is 0 Å². The molecule has 5 nitrogen and oxygen atoms in total. The van der Waals surface area contributed by atoms with E-state index >= 15 is 0 Å². The molecule has 0 amide bonds. The summed E-state index contributed by atoms with van der Waals surface area (Å²) in [6.07, 6.45) is 0. The molecule has 0 saturated carbocycles. The molecule has 2 N–H and O–H groups in total. The normalized spacial score (nSPS) is 10.7. The molecule has 0 aliphatic rings. The highest BCUT2D eigenvalue weighted by atomic mass is 32.1. The lowest BCUT2D eigenvalue weighted by Gasteiger charge is -1.99. The van der Waals surface area contributed by atoms with Gasteiger partial charge in [-0.2, -0.15) is 0 Å². The third-order valence-electron chi connectivity index (χ3n) is 2.41. The molecule has 2 aromatic heterocycles. The number of benzene rings is 1. The summed E-state index contributed by atoms with van der Waals surface area (Å²) in [7, 11) is 0. The maximum absolute atomic E-state index is 11.7. The first-order valence-corrected chi connectivity index (χ1v) is 6.23. The predicted octanol–water partition coefficient (Wildman–Crippen LogP) is 2.43. The van der Waals surface area contributed by atoms with E-state index in [1.54, 1.807) is 6.92 Å². The summed E-state index contributed by atoms with van der Waals surface area (Å²) in [5, 5.41) is 3.82. The number of para-hydroxylation sites is 1. The average Bonchev–Trinajstić information content (AvgIpc) is 2.73. The second kappa shape index (κ2) is 4.23. The number of aromatic amines is 1. The van der Waals surface area contributed by atoms with Crippen molar-refractivity contribution in [2.75, 3.05) is 5.32 Å². The predicted molar refractivity (Wildman–Crippen MR) is 72.5 cm³/mol. The highest BCUT2D eigenvalue weighted by Crippen LogP contribution is 2.24. The molecule has 0 aliphatic carbocycles. The van der Waals surface area contributed by atoms with Crippen LogP contribution in [0.4, 0.5) is 10.8 Å². The van der Waals surface area contributed by atoms with Gasteiger partial charge in [-0.05, 0) is 19.1 Å². The Kier molecular flexibility index (Phi) is 2.56. The van der Waals surface area contributed by atoms with Gasteiger partial charge in [-0.3, -0.25) is 4.79 Å². The molecule has 0 fully saturated rings. The maximum atomic E-state index is 11.7. The number of nitrogens with zero attached hydrogens (tertiary/aromatic N) is 2. The minimum Gasteiger partial charge on any atom is -0.331 e. The van der Waals surface area contributed by atoms with E-state index in [9.17, 15) is 4.79 Å². The number of aryl methyl sites for hydroxylation is 1. The number of anilines is 2. The van der Waals surface area contributed by atoms with Crippen LogP contribution in [0.5, 0.6) is 0 Å². The highest BCUT2D eigenvalue weighted by Gasteiger charge is 2.09. The number of hydrogen-bond acceptors (Lipinski definition) is 5. The Hall–Kier alpha value is -2.21. The van der Waals surface area contributed by atoms with Crippen LogP contribution in [-0.2, 0) is 0 Å². The molecule has 6 heteroatoms. The minimum absolute atomic E-state index is 0.199. The Labute approximate surface area is 107 Å². The van der Waals surface area contributed by atoms with Crippen LogP contribution in [0.3, 0.4) is 0 Å². The standard InChI is InChI=1S/C12H10N4OS/c1-7-13-10(17)9-11(14-7)18-12(16-9)15-8-5-3-2-4-6-8/h2-6H,1H3,(H,15,16)(H,13,14,17). The third kappa shape index (κ3) is 1.98. The van der Waals surface area contributed by atoms with E-state index in [0.29, 0.717) is 21.3 Å². The Bertz CT molecular complexity index is 748. The molecule has 2 heterocycles. The number of fused-ring (bicyclic) bond motifs is 1. The van der Waals surface area contributed by atoms with E-state index in [-0.39, 0.29) is 5.56 Å². The lowest BCUT2D eigenvalue weighted by molar-refractivity contribution is 1.06. The van der Waals surface area contributed by atoms with Crippen molar-refractivity contribution >= 4 is 32.5 Å². The van der Waals surface area contributed by atoms with E-state index in [1.165, 1.54) is 11.3 Å². The van der Waals surface area contributed by atoms with E-state index < -0.39 is 0 Å². The van der Waals surface area contributed by atoms with Crippen molar-refractivity contribution in [1.29, 1.82) is 0 Å². The number of aromatic nitrogens is 3. The van der Waals surface area contributed by atoms with Gasteiger partial charge in [-0.1, -0.05) is 29.5 Å². The number of hydrogen-bond donors (Lipinski definition) is 2. The Morgan fingerprint density at radius 3 is 2.78 bits per heavy atom. The summed E-state index contributed by atoms with van der Waals surface area (Å²) in [4.78, 5) is 23.5. The Morgan fingerprint density at radius 1 is 1.22 bits per heavy atom. The van der Waals surface area contributed by atoms with Gasteiger partial charge < -0.3 is 10.3 Å². The second-order valence-corrected chi connectivity index (χ2v) is 4.79. The lowest BCUT2D eigenvalue weighted by Crippen LogP contribution is -2.08. The molecular weight excluding hydrogens is 248 g/mol. The number of thiazole rings is 1. The fraction of sp³-hybridized carbons (Fsp3) is 0.0833. The van der Waals surface area contributed by atoms with Gasteiger partial charge in [0.05, 0.1) is 0 Å². The summed E-state index contributed by atoms with van der Waals surface area (Å²) in [6.45, 7) is 1.75. The Balaban J connectivity index is 2.04. The zero-order valence-corrected chi connectivity index (χ0v) is 10.4. The first-order chi connectivity index (χ1) is 8.72. The monoisotopic (exact) mass is 258 g/mol. The van der Waals surface area contributed by atoms with Crippen LogP contribution >= 0.6 is 11.3 Å². The quantitative estimate of drug-likeness (QED) is 0.740. The van der Waals surface area contributed by atoms with Crippen molar-refractivity contribution in [2.24, 2.45) is 0 Å². The molecule has 0 atom stereocenters. The second-order valence-electron chi connectivity index (χ2n) is 3.82. The molecule has 0 aliphatic heterocycles. The molecule has 18 heavy (non-hydrogen) atoms. The van der Waals surface area contributed by atoms with Gasteiger partial charge in [0.1, 0.15) is 5.82 Å². The van der Waals surface area contributed by atoms with E-state index in [1.807, 2.05) is 30.3 Å². The summed E-state index contributed by atoms with van der Waals surface area (Å²) in [6, 6.07) is 9.69. The summed E-state index contributed by atoms with van der Waals surface area (Å²) in [5.74, 6) is 0.599. The first kappa shape index (κ1) is 10.9. The van der Waals surface area contributed by atoms with Crippen LogP contribution in [0.2, 0.25) is 0 Å². The first-order valence-electron chi connectivity index (χ1n) is 5.42. The molecule has 90 valence electrons. The van der Waals surface area contributed by atoms with Crippen molar-refractivity contribution in [1.82, 2.24) is 15.0 Å². The fourth-order valence-corrected chi connectivity index (χ4v) is 2.54. The molecule has 3 rings (SSSR count). The van der Waals surface area contributed by atoms with E-state index in [0.717, 1.165) is 5.69 Å². The summed E-state index contributed by atoms with van der Waals surface area (Å²) in [5.41, 5.74) is 1.11. The van der Waals surface area contributed by atoms with Crippen LogP contribution in [0.15, 0.2) is 35.1 Å². The molecule has 0 radical (unpaired) electrons. The van der Waals surface area contributed by atoms with E-state index in [2.05, 4.69) is 20.3 Å². The van der Waals surface area contributed by atoms with Crippen LogP contribution in [0.25, 0.3) is 10.3 Å². The molecule has 0 bridgehead atoms. The van der Waals surface area contributed by atoms with Crippen molar-refractivity contribution in [3.63, 3.8) is 0 Å². The zero-order valence-electron chi connectivity index (χ0n) is 9.60. The number of rotatable bonds is 2. The average molecular weight is 258 g/mol. The fourth-order valence-electron chi connectivity index (χ4n) is 1.64. The van der Waals surface area contributed by atoms with Crippen molar-refractivity contribution < 1.29 is 0 Å². The third-order valence-corrected chi connectivity index (χ3v) is 3.28. The van der Waals surface area contributed by atoms with Crippen molar-refractivity contribution in [2.45, 2.75) is 6.92 Å². The van der Waals surface area contributed by atoms with Crippen LogP contribution in [-0.4, -0.2) is 15.0 Å². The maximum Gasteiger partial charge on any atom is 0.278 e. The van der Waals surface area contributed by atoms with Gasteiger partial charge in [0.15, 0.2) is 15.5 Å². The summed E-state index contributed by atoms with van der Waals surface area (Å²) >= 11 is 1.37. The zero-order chi connectivity index (χ0) is 12.5. The molecule has 0 unspecified atom stereocenters. The van der Waals surface area contributed by atoms with Crippen molar-refractivity contribution in [3.05, 3.63) is 46.5 Å². The molecular formula is C12H10N4OS. The van der Waals surface area contributed by atoms with Gasteiger partial charge in [0.2, 0.25) is 0 Å². The van der Waals surface area contributed by atoms with Crippen molar-refractivity contribution in [3.8, 4) is 0 Å². The highest BCUT2D eigenvalue weighted by molar-refractivity contribution is 7.21. The topological polar surface area (TPSA) is 70.7 Å². The van der Waals surface area contributed by atoms with Gasteiger partial charge in [0.25, 0.3) is 5.56 Å². The largest absolute Gasteiger partial charge is 0.331 e. The van der Waals surface area contributed by atoms with Gasteiger partial charge in [-0.25, -0.2) is 9.97 Å². The number of H-pyrrole nitrogens is 1. The molecule has 0 saturated heterocycles. The smallest absolute Gasteiger partial charge is 0.278 e. The summed E-state index contributed by atoms with van der Waals surface area (Å²) < 4.78 is 0. The minimum atomic E-state index is -0.199. The van der Waals surface area contributed by atoms with Gasteiger partial charge in [0, 0.05) is 5.69 Å². The van der Waals surface area contributed by atoms with E-state index in [4.69, 9.17) is 0 Å². The lowest BCUT2D eigenvalue weighted by atomic mass is 10.3. The van der Waals surface area contributed by atoms with Gasteiger partial charge in [-0.15, -0.1) is 0 Å². The van der Waals surface area contributed by atoms with Crippen LogP contribution in [0.1, 0.15) is 5.82 Å². The van der Waals surface area contributed by atoms with Crippen LogP contribution < -0.4 is 10.9 Å². The van der Waals surface area contributed by atoms with Crippen LogP contribution in [0, 0.1) is 6.92 Å².